The fourth-order valence-corrected chi connectivity index (χ4v) is 0.330. The highest BCUT2D eigenvalue weighted by atomic mass is 16.8. The number of ether oxygens (including phenoxy) is 2. The van der Waals surface area contributed by atoms with E-state index in [9.17, 15) is 0 Å². The van der Waals surface area contributed by atoms with Gasteiger partial charge in [0.25, 0.3) is 0 Å². The molecule has 2 heteroatoms. The maximum atomic E-state index is 5.03. The van der Waals surface area contributed by atoms with Gasteiger partial charge in [0.05, 0.1) is 6.26 Å². The van der Waals surface area contributed by atoms with Crippen molar-refractivity contribution in [3.63, 3.8) is 0 Å². The van der Waals surface area contributed by atoms with E-state index in [1.165, 1.54) is 5.57 Å². The summed E-state index contributed by atoms with van der Waals surface area (Å²) in [6, 6.07) is 0. The SMILES string of the molecule is CC(C)=COC1CO1. The summed E-state index contributed by atoms with van der Waals surface area (Å²) in [5, 5.41) is 0. The normalized spacial score (nSPS) is 24.5. The highest BCUT2D eigenvalue weighted by Crippen LogP contribution is 2.10. The molecule has 1 aliphatic heterocycles. The Morgan fingerprint density at radius 2 is 2.38 bits per heavy atom. The molecule has 0 aromatic carbocycles. The Morgan fingerprint density at radius 1 is 1.75 bits per heavy atom. The van der Waals surface area contributed by atoms with Gasteiger partial charge in [0.1, 0.15) is 6.61 Å². The van der Waals surface area contributed by atoms with Gasteiger partial charge in [-0.05, 0) is 19.4 Å². The molecule has 1 atom stereocenters. The first kappa shape index (κ1) is 5.63. The second-order valence-electron chi connectivity index (χ2n) is 2.09. The number of rotatable bonds is 2. The summed E-state index contributed by atoms with van der Waals surface area (Å²) < 4.78 is 9.82. The molecule has 0 spiro atoms. The maximum Gasteiger partial charge on any atom is 0.222 e. The zero-order valence-corrected chi connectivity index (χ0v) is 5.18. The van der Waals surface area contributed by atoms with E-state index in [0.29, 0.717) is 0 Å². The van der Waals surface area contributed by atoms with E-state index >= 15 is 0 Å². The van der Waals surface area contributed by atoms with Crippen molar-refractivity contribution >= 4 is 0 Å². The van der Waals surface area contributed by atoms with Crippen molar-refractivity contribution in [2.24, 2.45) is 0 Å². The van der Waals surface area contributed by atoms with E-state index in [-0.39, 0.29) is 6.29 Å². The van der Waals surface area contributed by atoms with E-state index in [4.69, 9.17) is 9.47 Å². The molecule has 0 saturated carbocycles. The molecule has 1 unspecified atom stereocenters. The maximum absolute atomic E-state index is 5.03. The molecule has 1 aliphatic rings. The van der Waals surface area contributed by atoms with E-state index in [1.807, 2.05) is 13.8 Å². The van der Waals surface area contributed by atoms with Gasteiger partial charge < -0.3 is 9.47 Å². The van der Waals surface area contributed by atoms with Gasteiger partial charge in [-0.25, -0.2) is 0 Å². The van der Waals surface area contributed by atoms with E-state index in [0.717, 1.165) is 6.61 Å². The molecule has 0 radical (unpaired) electrons. The summed E-state index contributed by atoms with van der Waals surface area (Å²) in [5.41, 5.74) is 1.17. The van der Waals surface area contributed by atoms with E-state index in [1.54, 1.807) is 6.26 Å². The summed E-state index contributed by atoms with van der Waals surface area (Å²) in [7, 11) is 0. The van der Waals surface area contributed by atoms with Crippen LogP contribution in [0.2, 0.25) is 0 Å². The third kappa shape index (κ3) is 1.98. The zero-order valence-electron chi connectivity index (χ0n) is 5.18. The van der Waals surface area contributed by atoms with Crippen LogP contribution in [0, 0.1) is 0 Å². The molecule has 1 heterocycles. The molecule has 2 nitrogen and oxygen atoms in total. The molecule has 8 heavy (non-hydrogen) atoms. The third-order valence-corrected chi connectivity index (χ3v) is 0.758. The average molecular weight is 114 g/mol. The Morgan fingerprint density at radius 3 is 2.75 bits per heavy atom. The fourth-order valence-electron chi connectivity index (χ4n) is 0.330. The predicted octanol–water partition coefficient (Wildman–Crippen LogP) is 1.28. The van der Waals surface area contributed by atoms with Gasteiger partial charge >= 0.3 is 0 Å². The van der Waals surface area contributed by atoms with Crippen molar-refractivity contribution in [2.45, 2.75) is 20.1 Å². The van der Waals surface area contributed by atoms with Crippen LogP contribution in [0.15, 0.2) is 11.8 Å². The Bertz CT molecular complexity index is 99.1. The van der Waals surface area contributed by atoms with Crippen LogP contribution in [0.4, 0.5) is 0 Å². The molecule has 0 amide bonds. The second kappa shape index (κ2) is 2.18. The summed E-state index contributed by atoms with van der Waals surface area (Å²) in [5.74, 6) is 0. The van der Waals surface area contributed by atoms with Gasteiger partial charge in [0.15, 0.2) is 0 Å². The number of hydrogen-bond donors (Lipinski definition) is 0. The van der Waals surface area contributed by atoms with Gasteiger partial charge in [-0.2, -0.15) is 0 Å². The largest absolute Gasteiger partial charge is 0.470 e. The molecule has 1 fully saturated rings. The topological polar surface area (TPSA) is 21.8 Å². The molecule has 0 aromatic heterocycles. The van der Waals surface area contributed by atoms with Crippen LogP contribution in [0.3, 0.4) is 0 Å². The smallest absolute Gasteiger partial charge is 0.222 e. The van der Waals surface area contributed by atoms with Crippen molar-refractivity contribution in [2.75, 3.05) is 6.61 Å². The average Bonchev–Trinajstić information content (AvgIpc) is 2.41. The number of hydrogen-bond acceptors (Lipinski definition) is 2. The van der Waals surface area contributed by atoms with E-state index in [2.05, 4.69) is 0 Å². The fraction of sp³-hybridized carbons (Fsp3) is 0.667. The summed E-state index contributed by atoms with van der Waals surface area (Å²) in [4.78, 5) is 0. The summed E-state index contributed by atoms with van der Waals surface area (Å²) in [6.45, 7) is 4.73. The van der Waals surface area contributed by atoms with Crippen molar-refractivity contribution in [1.29, 1.82) is 0 Å². The lowest BCUT2D eigenvalue weighted by Gasteiger charge is -1.91. The lowest BCUT2D eigenvalue weighted by Crippen LogP contribution is -1.84. The van der Waals surface area contributed by atoms with Crippen LogP contribution >= 0.6 is 0 Å². The molecule has 0 N–H and O–H groups in total. The number of epoxide rings is 1. The first-order valence-corrected chi connectivity index (χ1v) is 2.69. The monoisotopic (exact) mass is 114 g/mol. The second-order valence-corrected chi connectivity index (χ2v) is 2.09. The summed E-state index contributed by atoms with van der Waals surface area (Å²) in [6.07, 6.45) is 1.78. The van der Waals surface area contributed by atoms with Gasteiger partial charge in [0, 0.05) is 0 Å². The van der Waals surface area contributed by atoms with Crippen LogP contribution < -0.4 is 0 Å². The Labute approximate surface area is 49.1 Å². The van der Waals surface area contributed by atoms with Crippen LogP contribution in [0.5, 0.6) is 0 Å². The highest BCUT2D eigenvalue weighted by molar-refractivity contribution is 4.87. The summed E-state index contributed by atoms with van der Waals surface area (Å²) >= 11 is 0. The van der Waals surface area contributed by atoms with Crippen LogP contribution in [-0.2, 0) is 9.47 Å². The minimum Gasteiger partial charge on any atom is -0.470 e. The first-order chi connectivity index (χ1) is 3.79. The lowest BCUT2D eigenvalue weighted by atomic mass is 10.4. The van der Waals surface area contributed by atoms with E-state index < -0.39 is 0 Å². The van der Waals surface area contributed by atoms with Crippen LogP contribution in [0.25, 0.3) is 0 Å². The van der Waals surface area contributed by atoms with Gasteiger partial charge in [-0.3, -0.25) is 0 Å². The third-order valence-electron chi connectivity index (χ3n) is 0.758. The Hall–Kier alpha value is -0.500. The van der Waals surface area contributed by atoms with Crippen molar-refractivity contribution in [3.8, 4) is 0 Å². The lowest BCUT2D eigenvalue weighted by molar-refractivity contribution is 0.129. The molecular weight excluding hydrogens is 104 g/mol. The van der Waals surface area contributed by atoms with Crippen LogP contribution in [0.1, 0.15) is 13.8 Å². The Kier molecular flexibility index (Phi) is 1.53. The quantitative estimate of drug-likeness (QED) is 0.398. The van der Waals surface area contributed by atoms with Crippen molar-refractivity contribution < 1.29 is 9.47 Å². The molecule has 0 aromatic rings. The minimum absolute atomic E-state index is 0.0601. The Balaban J connectivity index is 2.10. The van der Waals surface area contributed by atoms with Crippen LogP contribution in [-0.4, -0.2) is 12.9 Å². The molecule has 0 bridgehead atoms. The number of allylic oxidation sites excluding steroid dienone is 1. The molecular formula is C6H10O2. The first-order valence-electron chi connectivity index (χ1n) is 2.69. The zero-order chi connectivity index (χ0) is 5.98. The minimum atomic E-state index is 0.0601. The molecule has 46 valence electrons. The molecule has 0 aliphatic carbocycles. The standard InChI is InChI=1S/C6H10O2/c1-5(2)3-7-6-4-8-6/h3,6H,4H2,1-2H3. The van der Waals surface area contributed by atoms with Gasteiger partial charge in [-0.15, -0.1) is 0 Å². The van der Waals surface area contributed by atoms with Crippen molar-refractivity contribution in [1.82, 2.24) is 0 Å². The van der Waals surface area contributed by atoms with Gasteiger partial charge in [-0.1, -0.05) is 0 Å². The molecule has 1 rings (SSSR count). The predicted molar refractivity (Wildman–Crippen MR) is 30.3 cm³/mol. The molecule has 1 saturated heterocycles. The highest BCUT2D eigenvalue weighted by Gasteiger charge is 2.22. The van der Waals surface area contributed by atoms with Crippen molar-refractivity contribution in [3.05, 3.63) is 11.8 Å². The van der Waals surface area contributed by atoms with Gasteiger partial charge in [0.2, 0.25) is 6.29 Å².